The summed E-state index contributed by atoms with van der Waals surface area (Å²) >= 11 is 0. The van der Waals surface area contributed by atoms with E-state index in [9.17, 15) is 13.2 Å². The molecule has 2 heterocycles. The van der Waals surface area contributed by atoms with Crippen molar-refractivity contribution < 1.29 is 22.6 Å². The topological polar surface area (TPSA) is 59.2 Å². The largest absolute Gasteiger partial charge is 0.486 e. The van der Waals surface area contributed by atoms with Crippen LogP contribution in [0, 0.1) is 5.92 Å². The molecule has 146 valence electrons. The number of halogens is 3. The second kappa shape index (κ2) is 7.42. The Labute approximate surface area is 155 Å². The van der Waals surface area contributed by atoms with Crippen LogP contribution in [0.5, 0.6) is 11.5 Å². The van der Waals surface area contributed by atoms with Crippen LogP contribution in [0.4, 0.5) is 13.2 Å². The third kappa shape index (κ3) is 4.05. The van der Waals surface area contributed by atoms with Crippen LogP contribution < -0.4 is 14.8 Å². The maximum atomic E-state index is 13.0. The molecule has 0 saturated heterocycles. The van der Waals surface area contributed by atoms with E-state index < -0.39 is 12.1 Å². The molecule has 1 fully saturated rings. The van der Waals surface area contributed by atoms with Crippen LogP contribution in [-0.4, -0.2) is 35.6 Å². The zero-order valence-corrected chi connectivity index (χ0v) is 14.8. The Morgan fingerprint density at radius 2 is 1.96 bits per heavy atom. The van der Waals surface area contributed by atoms with Gasteiger partial charge >= 0.3 is 6.18 Å². The molecule has 0 amide bonds. The fraction of sp³-hybridized carbons (Fsp3) is 0.526. The van der Waals surface area contributed by atoms with Gasteiger partial charge in [0.05, 0.1) is 17.8 Å². The van der Waals surface area contributed by atoms with Crippen molar-refractivity contribution in [2.75, 3.05) is 13.2 Å². The predicted octanol–water partition coefficient (Wildman–Crippen LogP) is 4.06. The summed E-state index contributed by atoms with van der Waals surface area (Å²) in [5.41, 5.74) is 2.66. The average molecular weight is 381 g/mol. The summed E-state index contributed by atoms with van der Waals surface area (Å²) < 4.78 is 50.1. The van der Waals surface area contributed by atoms with E-state index in [-0.39, 0.29) is 18.9 Å². The number of fused-ring (bicyclic) bond motifs is 1. The number of rotatable bonds is 4. The van der Waals surface area contributed by atoms with Crippen molar-refractivity contribution in [3.8, 4) is 22.8 Å². The van der Waals surface area contributed by atoms with Crippen molar-refractivity contribution in [1.82, 2.24) is 15.5 Å². The minimum absolute atomic E-state index is 0.131. The Hall–Kier alpha value is -2.22. The lowest BCUT2D eigenvalue weighted by molar-refractivity contribution is -0.183. The minimum Gasteiger partial charge on any atom is -0.486 e. The number of ether oxygens (including phenoxy) is 2. The van der Waals surface area contributed by atoms with Gasteiger partial charge in [0.25, 0.3) is 0 Å². The molecule has 27 heavy (non-hydrogen) atoms. The van der Waals surface area contributed by atoms with Gasteiger partial charge in [-0.25, -0.2) is 0 Å². The number of aromatic amines is 1. The highest BCUT2D eigenvalue weighted by Crippen LogP contribution is 2.38. The van der Waals surface area contributed by atoms with Gasteiger partial charge in [-0.05, 0) is 37.5 Å². The van der Waals surface area contributed by atoms with Crippen molar-refractivity contribution in [2.45, 2.75) is 44.4 Å². The molecule has 2 aliphatic rings. The normalized spacial score (nSPS) is 22.6. The third-order valence-corrected chi connectivity index (χ3v) is 5.27. The molecule has 1 aromatic carbocycles. The zero-order valence-electron chi connectivity index (χ0n) is 14.8. The van der Waals surface area contributed by atoms with Gasteiger partial charge in [-0.3, -0.25) is 5.10 Å². The molecule has 8 heteroatoms. The lowest BCUT2D eigenvalue weighted by Gasteiger charge is -2.31. The lowest BCUT2D eigenvalue weighted by atomic mass is 9.85. The van der Waals surface area contributed by atoms with Crippen molar-refractivity contribution >= 4 is 0 Å². The molecule has 1 aromatic heterocycles. The molecule has 5 nitrogen and oxygen atoms in total. The molecule has 2 N–H and O–H groups in total. The van der Waals surface area contributed by atoms with Gasteiger partial charge in [0, 0.05) is 23.7 Å². The summed E-state index contributed by atoms with van der Waals surface area (Å²) in [6.07, 6.45) is -0.655. The first-order valence-corrected chi connectivity index (χ1v) is 9.23. The van der Waals surface area contributed by atoms with Gasteiger partial charge in [-0.15, -0.1) is 0 Å². The fourth-order valence-electron chi connectivity index (χ4n) is 3.82. The summed E-state index contributed by atoms with van der Waals surface area (Å²) in [5, 5.41) is 10.4. The molecule has 1 aliphatic heterocycles. The first kappa shape index (κ1) is 18.2. The summed E-state index contributed by atoms with van der Waals surface area (Å²) in [6, 6.07) is 5.54. The fourth-order valence-corrected chi connectivity index (χ4v) is 3.82. The smallest absolute Gasteiger partial charge is 0.391 e. The van der Waals surface area contributed by atoms with E-state index in [2.05, 4.69) is 15.5 Å². The molecule has 0 unspecified atom stereocenters. The van der Waals surface area contributed by atoms with E-state index in [1.165, 1.54) is 0 Å². The lowest BCUT2D eigenvalue weighted by Crippen LogP contribution is -2.38. The third-order valence-electron chi connectivity index (χ3n) is 5.27. The summed E-state index contributed by atoms with van der Waals surface area (Å²) in [6.45, 7) is 1.51. The van der Waals surface area contributed by atoms with Crippen LogP contribution in [0.1, 0.15) is 31.2 Å². The Morgan fingerprint density at radius 3 is 2.78 bits per heavy atom. The van der Waals surface area contributed by atoms with E-state index in [0.717, 1.165) is 23.2 Å². The van der Waals surface area contributed by atoms with Gasteiger partial charge < -0.3 is 14.8 Å². The van der Waals surface area contributed by atoms with Gasteiger partial charge in [0.1, 0.15) is 13.2 Å². The maximum absolute atomic E-state index is 13.0. The van der Waals surface area contributed by atoms with Gasteiger partial charge in [0.15, 0.2) is 11.5 Å². The number of alkyl halides is 3. The summed E-state index contributed by atoms with van der Waals surface area (Å²) in [7, 11) is 0. The van der Waals surface area contributed by atoms with Crippen LogP contribution in [0.15, 0.2) is 24.4 Å². The van der Waals surface area contributed by atoms with E-state index in [1.54, 1.807) is 6.20 Å². The highest BCUT2D eigenvalue weighted by atomic mass is 19.4. The Balaban J connectivity index is 1.44. The molecule has 4 rings (SSSR count). The Kier molecular flexibility index (Phi) is 4.99. The molecule has 0 spiro atoms. The van der Waals surface area contributed by atoms with Gasteiger partial charge in [0.2, 0.25) is 0 Å². The molecule has 2 aromatic rings. The highest BCUT2D eigenvalue weighted by Gasteiger charge is 2.42. The van der Waals surface area contributed by atoms with Crippen LogP contribution in [0.3, 0.4) is 0 Å². The standard InChI is InChI=1S/C19H22F3N3O2/c20-19(21,22)14-2-1-3-15(9-14)23-10-13-11-24-25-18(13)12-4-5-16-17(8-12)27-7-6-26-16/h4-5,8,11,14-15,23H,1-3,6-7,9-10H2,(H,24,25)/t14-,15-/m0/s1. The van der Waals surface area contributed by atoms with Crippen LogP contribution in [0.2, 0.25) is 0 Å². The molecule has 0 radical (unpaired) electrons. The van der Waals surface area contributed by atoms with Crippen LogP contribution in [0.25, 0.3) is 11.3 Å². The zero-order chi connectivity index (χ0) is 18.9. The van der Waals surface area contributed by atoms with Crippen molar-refractivity contribution in [1.29, 1.82) is 0 Å². The quantitative estimate of drug-likeness (QED) is 0.839. The number of nitrogens with one attached hydrogen (secondary N) is 2. The molecule has 2 atom stereocenters. The summed E-state index contributed by atoms with van der Waals surface area (Å²) in [5.74, 6) is 0.197. The van der Waals surface area contributed by atoms with Crippen molar-refractivity contribution in [2.24, 2.45) is 5.92 Å². The number of benzene rings is 1. The SMILES string of the molecule is FC(F)(F)[C@H]1CCC[C@H](NCc2cn[nH]c2-c2ccc3c(c2)OCCO3)C1. The van der Waals surface area contributed by atoms with Crippen LogP contribution in [-0.2, 0) is 6.54 Å². The highest BCUT2D eigenvalue weighted by molar-refractivity contribution is 5.66. The summed E-state index contributed by atoms with van der Waals surface area (Å²) in [4.78, 5) is 0. The molecule has 1 saturated carbocycles. The number of H-pyrrole nitrogens is 1. The van der Waals surface area contributed by atoms with Crippen molar-refractivity contribution in [3.63, 3.8) is 0 Å². The first-order chi connectivity index (χ1) is 13.0. The average Bonchev–Trinajstić information content (AvgIpc) is 3.14. The molecule has 0 bridgehead atoms. The van der Waals surface area contributed by atoms with Gasteiger partial charge in [-0.1, -0.05) is 6.42 Å². The van der Waals surface area contributed by atoms with Gasteiger partial charge in [-0.2, -0.15) is 18.3 Å². The Bertz CT molecular complexity index is 791. The number of nitrogens with zero attached hydrogens (tertiary/aromatic N) is 1. The monoisotopic (exact) mass is 381 g/mol. The maximum Gasteiger partial charge on any atom is 0.391 e. The molecular weight excluding hydrogens is 359 g/mol. The van der Waals surface area contributed by atoms with Crippen LogP contribution >= 0.6 is 0 Å². The first-order valence-electron chi connectivity index (χ1n) is 9.23. The number of hydrogen-bond acceptors (Lipinski definition) is 4. The van der Waals surface area contributed by atoms with E-state index in [0.29, 0.717) is 37.7 Å². The molecular formula is C19H22F3N3O2. The second-order valence-electron chi connectivity index (χ2n) is 7.11. The van der Waals surface area contributed by atoms with E-state index in [4.69, 9.17) is 9.47 Å². The number of hydrogen-bond donors (Lipinski definition) is 2. The number of aromatic nitrogens is 2. The predicted molar refractivity (Wildman–Crippen MR) is 93.7 cm³/mol. The van der Waals surface area contributed by atoms with Crippen molar-refractivity contribution in [3.05, 3.63) is 30.0 Å². The molecule has 1 aliphatic carbocycles. The minimum atomic E-state index is -4.10. The second-order valence-corrected chi connectivity index (χ2v) is 7.11. The van der Waals surface area contributed by atoms with E-state index in [1.807, 2.05) is 18.2 Å². The van der Waals surface area contributed by atoms with E-state index >= 15 is 0 Å². The Morgan fingerprint density at radius 1 is 1.15 bits per heavy atom.